The van der Waals surface area contributed by atoms with Crippen molar-refractivity contribution in [2.75, 3.05) is 5.32 Å². The number of carbonyl (C=O) groups is 1. The van der Waals surface area contributed by atoms with Gasteiger partial charge in [-0.15, -0.1) is 0 Å². The van der Waals surface area contributed by atoms with E-state index in [2.05, 4.69) is 10.6 Å². The van der Waals surface area contributed by atoms with Gasteiger partial charge >= 0.3 is 0 Å². The quantitative estimate of drug-likeness (QED) is 0.852. The number of ether oxygens (including phenoxy) is 1. The van der Waals surface area contributed by atoms with E-state index < -0.39 is 0 Å². The first-order valence-corrected chi connectivity index (χ1v) is 6.89. The summed E-state index contributed by atoms with van der Waals surface area (Å²) in [5.41, 5.74) is 1.91. The highest BCUT2D eigenvalue weighted by Gasteiger charge is 2.00. The molecule has 0 radical (unpaired) electrons. The minimum atomic E-state index is -0.199. The second-order valence-electron chi connectivity index (χ2n) is 4.43. The van der Waals surface area contributed by atoms with Crippen molar-refractivity contribution in [3.05, 3.63) is 60.2 Å². The van der Waals surface area contributed by atoms with Gasteiger partial charge in [0, 0.05) is 12.6 Å². The first-order valence-electron chi connectivity index (χ1n) is 6.49. The molecule has 0 unspecified atom stereocenters. The third-order valence-corrected chi connectivity index (χ3v) is 2.85. The summed E-state index contributed by atoms with van der Waals surface area (Å²) in [6, 6.07) is 17.3. The van der Waals surface area contributed by atoms with Crippen LogP contribution in [-0.4, -0.2) is 11.0 Å². The van der Waals surface area contributed by atoms with E-state index >= 15 is 0 Å². The maximum atomic E-state index is 10.9. The van der Waals surface area contributed by atoms with Crippen molar-refractivity contribution in [3.63, 3.8) is 0 Å². The van der Waals surface area contributed by atoms with Crippen molar-refractivity contribution in [3.8, 4) is 5.75 Å². The molecule has 0 spiro atoms. The van der Waals surface area contributed by atoms with Crippen LogP contribution in [0.2, 0.25) is 0 Å². The van der Waals surface area contributed by atoms with E-state index in [1.807, 2.05) is 54.6 Å². The molecule has 2 aromatic carbocycles. The first kappa shape index (κ1) is 15.0. The Morgan fingerprint density at radius 3 is 2.38 bits per heavy atom. The lowest BCUT2D eigenvalue weighted by Crippen LogP contribution is -2.32. The molecule has 0 aliphatic rings. The molecular formula is C16H16N2O2S. The highest BCUT2D eigenvalue weighted by molar-refractivity contribution is 7.80. The SMILES string of the molecule is CC(=O)NC(=S)Nc1ccc(OCc2ccccc2)cc1. The van der Waals surface area contributed by atoms with E-state index in [0.717, 1.165) is 17.0 Å². The van der Waals surface area contributed by atoms with E-state index in [4.69, 9.17) is 17.0 Å². The Morgan fingerprint density at radius 2 is 1.76 bits per heavy atom. The Labute approximate surface area is 129 Å². The minimum absolute atomic E-state index is 0.199. The number of amides is 1. The molecule has 2 N–H and O–H groups in total. The first-order chi connectivity index (χ1) is 10.1. The van der Waals surface area contributed by atoms with Crippen LogP contribution in [0.3, 0.4) is 0 Å². The van der Waals surface area contributed by atoms with Gasteiger partial charge in [-0.1, -0.05) is 30.3 Å². The number of thiocarbonyl (C=S) groups is 1. The molecule has 0 aromatic heterocycles. The van der Waals surface area contributed by atoms with Gasteiger partial charge in [0.15, 0.2) is 5.11 Å². The van der Waals surface area contributed by atoms with E-state index in [1.165, 1.54) is 6.92 Å². The number of anilines is 1. The Kier molecular flexibility index (Phi) is 5.29. The van der Waals surface area contributed by atoms with Crippen LogP contribution in [0.25, 0.3) is 0 Å². The highest BCUT2D eigenvalue weighted by atomic mass is 32.1. The van der Waals surface area contributed by atoms with Crippen molar-refractivity contribution in [1.29, 1.82) is 0 Å². The van der Waals surface area contributed by atoms with Crippen molar-refractivity contribution >= 4 is 28.9 Å². The number of benzene rings is 2. The lowest BCUT2D eigenvalue weighted by atomic mass is 10.2. The van der Waals surface area contributed by atoms with Gasteiger partial charge in [-0.2, -0.15) is 0 Å². The van der Waals surface area contributed by atoms with E-state index in [-0.39, 0.29) is 11.0 Å². The summed E-state index contributed by atoms with van der Waals surface area (Å²) >= 11 is 4.99. The topological polar surface area (TPSA) is 50.4 Å². The zero-order chi connectivity index (χ0) is 15.1. The number of hydrogen-bond acceptors (Lipinski definition) is 3. The molecule has 21 heavy (non-hydrogen) atoms. The predicted molar refractivity (Wildman–Crippen MR) is 87.3 cm³/mol. The fourth-order valence-electron chi connectivity index (χ4n) is 1.70. The molecule has 0 aliphatic heterocycles. The van der Waals surface area contributed by atoms with Gasteiger partial charge in [-0.05, 0) is 42.0 Å². The molecular weight excluding hydrogens is 284 g/mol. The third kappa shape index (κ3) is 5.24. The van der Waals surface area contributed by atoms with Crippen LogP contribution < -0.4 is 15.4 Å². The highest BCUT2D eigenvalue weighted by Crippen LogP contribution is 2.17. The number of hydrogen-bond donors (Lipinski definition) is 2. The molecule has 0 aliphatic carbocycles. The molecule has 0 saturated carbocycles. The maximum Gasteiger partial charge on any atom is 0.222 e. The molecule has 2 rings (SSSR count). The van der Waals surface area contributed by atoms with Crippen LogP contribution in [0.4, 0.5) is 5.69 Å². The summed E-state index contributed by atoms with van der Waals surface area (Å²) < 4.78 is 5.69. The van der Waals surface area contributed by atoms with Crippen LogP contribution in [0.1, 0.15) is 12.5 Å². The van der Waals surface area contributed by atoms with E-state index in [0.29, 0.717) is 6.61 Å². The Bertz CT molecular complexity index is 612. The number of rotatable bonds is 4. The second kappa shape index (κ2) is 7.40. The summed E-state index contributed by atoms with van der Waals surface area (Å²) in [4.78, 5) is 10.9. The largest absolute Gasteiger partial charge is 0.489 e. The number of nitrogens with one attached hydrogen (secondary N) is 2. The standard InChI is InChI=1S/C16H16N2O2S/c1-12(19)17-16(21)18-14-7-9-15(10-8-14)20-11-13-5-3-2-4-6-13/h2-10H,11H2,1H3,(H2,17,18,19,21). The van der Waals surface area contributed by atoms with Gasteiger partial charge in [-0.3, -0.25) is 4.79 Å². The molecule has 108 valence electrons. The summed E-state index contributed by atoms with van der Waals surface area (Å²) in [5, 5.41) is 5.70. The van der Waals surface area contributed by atoms with Gasteiger partial charge in [0.05, 0.1) is 0 Å². The molecule has 0 atom stereocenters. The average Bonchev–Trinajstić information content (AvgIpc) is 2.47. The Morgan fingerprint density at radius 1 is 1.10 bits per heavy atom. The Balaban J connectivity index is 1.87. The van der Waals surface area contributed by atoms with Gasteiger partial charge in [-0.25, -0.2) is 0 Å². The Hall–Kier alpha value is -2.40. The van der Waals surface area contributed by atoms with Gasteiger partial charge < -0.3 is 15.4 Å². The molecule has 0 saturated heterocycles. The van der Waals surface area contributed by atoms with Crippen LogP contribution in [0.15, 0.2) is 54.6 Å². The van der Waals surface area contributed by atoms with Crippen molar-refractivity contribution in [2.24, 2.45) is 0 Å². The maximum absolute atomic E-state index is 10.9. The van der Waals surface area contributed by atoms with E-state index in [1.54, 1.807) is 0 Å². The van der Waals surface area contributed by atoms with Crippen molar-refractivity contribution in [2.45, 2.75) is 13.5 Å². The molecule has 2 aromatic rings. The molecule has 4 nitrogen and oxygen atoms in total. The van der Waals surface area contributed by atoms with Crippen LogP contribution in [0, 0.1) is 0 Å². The fourth-order valence-corrected chi connectivity index (χ4v) is 1.96. The van der Waals surface area contributed by atoms with Crippen molar-refractivity contribution in [1.82, 2.24) is 5.32 Å². The van der Waals surface area contributed by atoms with Crippen LogP contribution >= 0.6 is 12.2 Å². The summed E-state index contributed by atoms with van der Waals surface area (Å²) in [6.07, 6.45) is 0. The zero-order valence-corrected chi connectivity index (χ0v) is 12.4. The average molecular weight is 300 g/mol. The lowest BCUT2D eigenvalue weighted by Gasteiger charge is -2.10. The van der Waals surface area contributed by atoms with E-state index in [9.17, 15) is 4.79 Å². The fraction of sp³-hybridized carbons (Fsp3) is 0.125. The van der Waals surface area contributed by atoms with Gasteiger partial charge in [0.2, 0.25) is 5.91 Å². The van der Waals surface area contributed by atoms with Gasteiger partial charge in [0.1, 0.15) is 12.4 Å². The third-order valence-electron chi connectivity index (χ3n) is 2.65. The number of carbonyl (C=O) groups excluding carboxylic acids is 1. The summed E-state index contributed by atoms with van der Waals surface area (Å²) in [5.74, 6) is 0.574. The molecule has 0 bridgehead atoms. The second-order valence-corrected chi connectivity index (χ2v) is 4.84. The lowest BCUT2D eigenvalue weighted by molar-refractivity contribution is -0.117. The molecule has 0 fully saturated rings. The smallest absolute Gasteiger partial charge is 0.222 e. The monoisotopic (exact) mass is 300 g/mol. The normalized spacial score (nSPS) is 9.76. The molecule has 5 heteroatoms. The van der Waals surface area contributed by atoms with Gasteiger partial charge in [0.25, 0.3) is 0 Å². The zero-order valence-electron chi connectivity index (χ0n) is 11.6. The van der Waals surface area contributed by atoms with Crippen LogP contribution in [0.5, 0.6) is 5.75 Å². The summed E-state index contributed by atoms with van der Waals surface area (Å²) in [6.45, 7) is 1.94. The molecule has 0 heterocycles. The summed E-state index contributed by atoms with van der Waals surface area (Å²) in [7, 11) is 0. The van der Waals surface area contributed by atoms with Crippen molar-refractivity contribution < 1.29 is 9.53 Å². The van der Waals surface area contributed by atoms with Crippen LogP contribution in [-0.2, 0) is 11.4 Å². The predicted octanol–water partition coefficient (Wildman–Crippen LogP) is 3.10. The minimum Gasteiger partial charge on any atom is -0.489 e. The molecule has 1 amide bonds.